The fourth-order valence-corrected chi connectivity index (χ4v) is 2.39. The fraction of sp³-hybridized carbons (Fsp3) is 0.500. The quantitative estimate of drug-likeness (QED) is 0.891. The summed E-state index contributed by atoms with van der Waals surface area (Å²) in [5, 5.41) is 3.13. The number of likely N-dealkylation sites (N-methyl/N-ethyl adjacent to an activating group) is 1. The van der Waals surface area contributed by atoms with Gasteiger partial charge in [0.1, 0.15) is 11.6 Å². The van der Waals surface area contributed by atoms with E-state index in [4.69, 9.17) is 0 Å². The minimum Gasteiger partial charge on any atom is -0.337 e. The molecule has 0 aliphatic carbocycles. The van der Waals surface area contributed by atoms with Crippen LogP contribution in [0.2, 0.25) is 0 Å². The zero-order chi connectivity index (χ0) is 14.0. The second-order valence-electron chi connectivity index (χ2n) is 4.96. The van der Waals surface area contributed by atoms with Crippen LogP contribution in [0, 0.1) is 18.6 Å². The summed E-state index contributed by atoms with van der Waals surface area (Å²) in [6, 6.07) is 2.31. The van der Waals surface area contributed by atoms with Crippen LogP contribution in [0.5, 0.6) is 0 Å². The minimum absolute atomic E-state index is 0.0457. The Kier molecular flexibility index (Phi) is 4.14. The first-order valence-electron chi connectivity index (χ1n) is 6.45. The van der Waals surface area contributed by atoms with E-state index in [0.717, 1.165) is 18.9 Å². The van der Waals surface area contributed by atoms with E-state index in [9.17, 15) is 13.6 Å². The molecule has 19 heavy (non-hydrogen) atoms. The van der Waals surface area contributed by atoms with Crippen LogP contribution in [-0.2, 0) is 0 Å². The SMILES string of the molecule is CNC1CCCN(C(=O)c2cc(C)c(F)cc2F)C1. The number of rotatable bonds is 2. The van der Waals surface area contributed by atoms with Gasteiger partial charge < -0.3 is 10.2 Å². The zero-order valence-electron chi connectivity index (χ0n) is 11.2. The van der Waals surface area contributed by atoms with Crippen LogP contribution < -0.4 is 5.32 Å². The Labute approximate surface area is 111 Å². The number of benzene rings is 1. The molecule has 0 spiro atoms. The molecule has 1 atom stereocenters. The Hall–Kier alpha value is -1.49. The van der Waals surface area contributed by atoms with Gasteiger partial charge in [0.05, 0.1) is 5.56 Å². The number of piperidine rings is 1. The van der Waals surface area contributed by atoms with Crippen molar-refractivity contribution in [3.8, 4) is 0 Å². The summed E-state index contributed by atoms with van der Waals surface area (Å²) >= 11 is 0. The predicted molar refractivity (Wildman–Crippen MR) is 69.1 cm³/mol. The van der Waals surface area contributed by atoms with E-state index in [2.05, 4.69) is 5.32 Å². The average Bonchev–Trinajstić information content (AvgIpc) is 2.42. The van der Waals surface area contributed by atoms with E-state index in [-0.39, 0.29) is 23.1 Å². The van der Waals surface area contributed by atoms with Gasteiger partial charge in [-0.2, -0.15) is 0 Å². The van der Waals surface area contributed by atoms with Crippen LogP contribution >= 0.6 is 0 Å². The van der Waals surface area contributed by atoms with Crippen molar-refractivity contribution in [2.75, 3.05) is 20.1 Å². The van der Waals surface area contributed by atoms with Crippen LogP contribution in [0.3, 0.4) is 0 Å². The van der Waals surface area contributed by atoms with Crippen molar-refractivity contribution < 1.29 is 13.6 Å². The van der Waals surface area contributed by atoms with Crippen LogP contribution in [-0.4, -0.2) is 37.0 Å². The number of halogens is 2. The first-order valence-corrected chi connectivity index (χ1v) is 6.45. The number of aryl methyl sites for hydroxylation is 1. The second-order valence-corrected chi connectivity index (χ2v) is 4.96. The number of hydrogen-bond donors (Lipinski definition) is 1. The topological polar surface area (TPSA) is 32.3 Å². The van der Waals surface area contributed by atoms with Crippen LogP contribution in [0.15, 0.2) is 12.1 Å². The molecule has 1 unspecified atom stereocenters. The van der Waals surface area contributed by atoms with E-state index in [1.807, 2.05) is 7.05 Å². The molecule has 1 aliphatic rings. The van der Waals surface area contributed by atoms with Gasteiger partial charge >= 0.3 is 0 Å². The maximum absolute atomic E-state index is 13.7. The molecule has 0 aromatic heterocycles. The third-order valence-electron chi connectivity index (χ3n) is 3.60. The number of amides is 1. The molecule has 104 valence electrons. The van der Waals surface area contributed by atoms with Crippen molar-refractivity contribution in [3.05, 3.63) is 34.9 Å². The van der Waals surface area contributed by atoms with Gasteiger partial charge in [-0.25, -0.2) is 8.78 Å². The summed E-state index contributed by atoms with van der Waals surface area (Å²) in [6.07, 6.45) is 1.89. The molecule has 3 nitrogen and oxygen atoms in total. The Morgan fingerprint density at radius 3 is 2.79 bits per heavy atom. The van der Waals surface area contributed by atoms with Gasteiger partial charge in [-0.05, 0) is 38.4 Å². The Bertz CT molecular complexity index is 491. The molecule has 1 aromatic rings. The summed E-state index contributed by atoms with van der Waals surface area (Å²) in [5.74, 6) is -1.78. The van der Waals surface area contributed by atoms with E-state index in [0.29, 0.717) is 13.1 Å². The monoisotopic (exact) mass is 268 g/mol. The molecule has 1 fully saturated rings. The van der Waals surface area contributed by atoms with Crippen molar-refractivity contribution in [2.45, 2.75) is 25.8 Å². The Morgan fingerprint density at radius 1 is 1.37 bits per heavy atom. The van der Waals surface area contributed by atoms with Crippen molar-refractivity contribution >= 4 is 5.91 Å². The zero-order valence-corrected chi connectivity index (χ0v) is 11.2. The molecule has 1 aliphatic heterocycles. The van der Waals surface area contributed by atoms with Gasteiger partial charge in [-0.15, -0.1) is 0 Å². The number of likely N-dealkylation sites (tertiary alicyclic amines) is 1. The fourth-order valence-electron chi connectivity index (χ4n) is 2.39. The molecular weight excluding hydrogens is 250 g/mol. The average molecular weight is 268 g/mol. The van der Waals surface area contributed by atoms with E-state index < -0.39 is 11.6 Å². The summed E-state index contributed by atoms with van der Waals surface area (Å²) in [6.45, 7) is 2.70. The molecule has 1 aromatic carbocycles. The van der Waals surface area contributed by atoms with Crippen LogP contribution in [0.4, 0.5) is 8.78 Å². The summed E-state index contributed by atoms with van der Waals surface area (Å²) in [5.41, 5.74) is 0.238. The molecule has 0 bridgehead atoms. The lowest BCUT2D eigenvalue weighted by molar-refractivity contribution is 0.0693. The molecule has 1 N–H and O–H groups in total. The number of nitrogens with zero attached hydrogens (tertiary/aromatic N) is 1. The normalized spacial score (nSPS) is 19.6. The molecule has 1 saturated heterocycles. The molecule has 2 rings (SSSR count). The third kappa shape index (κ3) is 2.92. The van der Waals surface area contributed by atoms with Crippen LogP contribution in [0.25, 0.3) is 0 Å². The van der Waals surface area contributed by atoms with Gasteiger partial charge in [0.15, 0.2) is 0 Å². The predicted octanol–water partition coefficient (Wildman–Crippen LogP) is 2.10. The molecule has 0 radical (unpaired) electrons. The van der Waals surface area contributed by atoms with Gasteiger partial charge in [-0.1, -0.05) is 0 Å². The number of nitrogens with one attached hydrogen (secondary N) is 1. The molecule has 5 heteroatoms. The maximum atomic E-state index is 13.7. The lowest BCUT2D eigenvalue weighted by Crippen LogP contribution is -2.47. The lowest BCUT2D eigenvalue weighted by Gasteiger charge is -2.32. The first-order chi connectivity index (χ1) is 9.02. The smallest absolute Gasteiger partial charge is 0.256 e. The number of hydrogen-bond acceptors (Lipinski definition) is 2. The molecular formula is C14H18F2N2O. The molecule has 1 amide bonds. The third-order valence-corrected chi connectivity index (χ3v) is 3.60. The lowest BCUT2D eigenvalue weighted by atomic mass is 10.0. The van der Waals surface area contributed by atoms with Gasteiger partial charge in [0, 0.05) is 25.2 Å². The van der Waals surface area contributed by atoms with Crippen molar-refractivity contribution in [1.29, 1.82) is 0 Å². The Balaban J connectivity index is 2.22. The second kappa shape index (κ2) is 5.65. The van der Waals surface area contributed by atoms with Gasteiger partial charge in [0.25, 0.3) is 5.91 Å². The van der Waals surface area contributed by atoms with Crippen molar-refractivity contribution in [1.82, 2.24) is 10.2 Å². The van der Waals surface area contributed by atoms with E-state index in [1.54, 1.807) is 4.90 Å². The van der Waals surface area contributed by atoms with Gasteiger partial charge in [0.2, 0.25) is 0 Å². The largest absolute Gasteiger partial charge is 0.337 e. The maximum Gasteiger partial charge on any atom is 0.256 e. The highest BCUT2D eigenvalue weighted by molar-refractivity contribution is 5.94. The van der Waals surface area contributed by atoms with Crippen LogP contribution in [0.1, 0.15) is 28.8 Å². The number of carbonyl (C=O) groups excluding carboxylic acids is 1. The highest BCUT2D eigenvalue weighted by Gasteiger charge is 2.25. The van der Waals surface area contributed by atoms with E-state index in [1.165, 1.54) is 13.0 Å². The van der Waals surface area contributed by atoms with Crippen molar-refractivity contribution in [2.24, 2.45) is 0 Å². The van der Waals surface area contributed by atoms with E-state index >= 15 is 0 Å². The molecule has 0 saturated carbocycles. The highest BCUT2D eigenvalue weighted by atomic mass is 19.1. The standard InChI is InChI=1S/C14H18F2N2O/c1-9-6-11(13(16)7-12(9)15)14(19)18-5-3-4-10(8-18)17-2/h6-7,10,17H,3-5,8H2,1-2H3. The Morgan fingerprint density at radius 2 is 2.11 bits per heavy atom. The first kappa shape index (κ1) is 13.9. The summed E-state index contributed by atoms with van der Waals surface area (Å²) in [4.78, 5) is 13.9. The highest BCUT2D eigenvalue weighted by Crippen LogP contribution is 2.19. The number of carbonyl (C=O) groups is 1. The van der Waals surface area contributed by atoms with Gasteiger partial charge in [-0.3, -0.25) is 4.79 Å². The summed E-state index contributed by atoms with van der Waals surface area (Å²) < 4.78 is 26.9. The summed E-state index contributed by atoms with van der Waals surface area (Å²) in [7, 11) is 1.85. The molecule has 1 heterocycles. The van der Waals surface area contributed by atoms with Crippen molar-refractivity contribution in [3.63, 3.8) is 0 Å². The minimum atomic E-state index is -0.792.